The van der Waals surface area contributed by atoms with Crippen LogP contribution in [-0.4, -0.2) is 18.8 Å². The van der Waals surface area contributed by atoms with Crippen LogP contribution in [0.4, 0.5) is 0 Å². The average molecular weight is 208 g/mol. The van der Waals surface area contributed by atoms with Crippen molar-refractivity contribution in [3.05, 3.63) is 34.9 Å². The average Bonchev–Trinajstić information content (AvgIpc) is 2.15. The van der Waals surface area contributed by atoms with Crippen molar-refractivity contribution in [2.24, 2.45) is 5.92 Å². The molecular weight excluding hydrogens is 188 g/mol. The van der Waals surface area contributed by atoms with Crippen molar-refractivity contribution in [1.82, 2.24) is 0 Å². The van der Waals surface area contributed by atoms with Crippen LogP contribution in [0.3, 0.4) is 0 Å². The third-order valence-electron chi connectivity index (χ3n) is 2.55. The first kappa shape index (κ1) is 12.2. The number of aliphatic hydroxyl groups excluding tert-OH is 1. The molecule has 1 N–H and O–H groups in total. The van der Waals surface area contributed by atoms with E-state index >= 15 is 0 Å². The van der Waals surface area contributed by atoms with Gasteiger partial charge in [0.1, 0.15) is 0 Å². The van der Waals surface area contributed by atoms with Gasteiger partial charge in [0.05, 0.1) is 12.7 Å². The molecule has 2 atom stereocenters. The number of ether oxygens (including phenoxy) is 1. The van der Waals surface area contributed by atoms with Crippen molar-refractivity contribution in [3.8, 4) is 0 Å². The van der Waals surface area contributed by atoms with Gasteiger partial charge < -0.3 is 9.84 Å². The molecular formula is C13H20O2. The maximum atomic E-state index is 10.1. The maximum absolute atomic E-state index is 10.1. The predicted molar refractivity (Wildman–Crippen MR) is 61.9 cm³/mol. The fraction of sp³-hybridized carbons (Fsp3) is 0.538. The molecule has 0 fully saturated rings. The molecule has 2 nitrogen and oxygen atoms in total. The van der Waals surface area contributed by atoms with Gasteiger partial charge in [-0.15, -0.1) is 0 Å². The largest absolute Gasteiger partial charge is 0.388 e. The van der Waals surface area contributed by atoms with E-state index in [9.17, 15) is 5.11 Å². The summed E-state index contributed by atoms with van der Waals surface area (Å²) in [6, 6.07) is 6.17. The van der Waals surface area contributed by atoms with Crippen LogP contribution in [0.15, 0.2) is 18.2 Å². The van der Waals surface area contributed by atoms with Crippen LogP contribution in [0, 0.1) is 19.8 Å². The second-order valence-electron chi connectivity index (χ2n) is 4.30. The molecule has 15 heavy (non-hydrogen) atoms. The third-order valence-corrected chi connectivity index (χ3v) is 2.55. The fourth-order valence-electron chi connectivity index (χ4n) is 1.86. The van der Waals surface area contributed by atoms with Crippen LogP contribution in [0.5, 0.6) is 0 Å². The van der Waals surface area contributed by atoms with Crippen molar-refractivity contribution in [3.63, 3.8) is 0 Å². The first-order chi connectivity index (χ1) is 7.04. The van der Waals surface area contributed by atoms with Gasteiger partial charge in [-0.25, -0.2) is 0 Å². The minimum atomic E-state index is -0.441. The van der Waals surface area contributed by atoms with Crippen molar-refractivity contribution in [1.29, 1.82) is 0 Å². The lowest BCUT2D eigenvalue weighted by molar-refractivity contribution is 0.0566. The number of benzene rings is 1. The monoisotopic (exact) mass is 208 g/mol. The van der Waals surface area contributed by atoms with E-state index < -0.39 is 6.10 Å². The normalized spacial score (nSPS) is 15.0. The van der Waals surface area contributed by atoms with Crippen LogP contribution < -0.4 is 0 Å². The van der Waals surface area contributed by atoms with Crippen LogP contribution in [0.25, 0.3) is 0 Å². The van der Waals surface area contributed by atoms with Crippen molar-refractivity contribution >= 4 is 0 Å². The highest BCUT2D eigenvalue weighted by Gasteiger charge is 2.16. The summed E-state index contributed by atoms with van der Waals surface area (Å²) in [7, 11) is 1.66. The lowest BCUT2D eigenvalue weighted by Crippen LogP contribution is -2.14. The number of methoxy groups -OCH3 is 1. The van der Waals surface area contributed by atoms with Gasteiger partial charge in [-0.2, -0.15) is 0 Å². The predicted octanol–water partition coefficient (Wildman–Crippen LogP) is 2.62. The van der Waals surface area contributed by atoms with Crippen molar-refractivity contribution < 1.29 is 9.84 Å². The van der Waals surface area contributed by atoms with Gasteiger partial charge in [0.25, 0.3) is 0 Å². The molecule has 1 rings (SSSR count). The third kappa shape index (κ3) is 3.33. The second-order valence-corrected chi connectivity index (χ2v) is 4.30. The minimum Gasteiger partial charge on any atom is -0.388 e. The highest BCUT2D eigenvalue weighted by atomic mass is 16.5. The summed E-state index contributed by atoms with van der Waals surface area (Å²) in [5.41, 5.74) is 3.36. The summed E-state index contributed by atoms with van der Waals surface area (Å²) in [4.78, 5) is 0. The SMILES string of the molecule is COCC(C)C(O)c1cc(C)cc(C)c1. The van der Waals surface area contributed by atoms with Gasteiger partial charge in [0.2, 0.25) is 0 Å². The molecule has 84 valence electrons. The Morgan fingerprint density at radius 3 is 2.20 bits per heavy atom. The quantitative estimate of drug-likeness (QED) is 0.824. The molecule has 0 aliphatic rings. The second kappa shape index (κ2) is 5.29. The van der Waals surface area contributed by atoms with Gasteiger partial charge >= 0.3 is 0 Å². The Morgan fingerprint density at radius 2 is 1.73 bits per heavy atom. The maximum Gasteiger partial charge on any atom is 0.0837 e. The zero-order valence-corrected chi connectivity index (χ0v) is 9.95. The Balaban J connectivity index is 2.85. The van der Waals surface area contributed by atoms with E-state index in [0.29, 0.717) is 6.61 Å². The Hall–Kier alpha value is -0.860. The Morgan fingerprint density at radius 1 is 1.20 bits per heavy atom. The van der Waals surface area contributed by atoms with Gasteiger partial charge in [0.15, 0.2) is 0 Å². The molecule has 0 aliphatic carbocycles. The molecule has 2 unspecified atom stereocenters. The van der Waals surface area contributed by atoms with E-state index in [1.54, 1.807) is 7.11 Å². The van der Waals surface area contributed by atoms with Crippen LogP contribution in [-0.2, 0) is 4.74 Å². The number of aliphatic hydroxyl groups is 1. The summed E-state index contributed by atoms with van der Waals surface area (Å²) >= 11 is 0. The van der Waals surface area contributed by atoms with Crippen molar-refractivity contribution in [2.75, 3.05) is 13.7 Å². The van der Waals surface area contributed by atoms with Crippen molar-refractivity contribution in [2.45, 2.75) is 26.9 Å². The van der Waals surface area contributed by atoms with Crippen LogP contribution in [0.2, 0.25) is 0 Å². The van der Waals surface area contributed by atoms with E-state index in [1.807, 2.05) is 32.9 Å². The molecule has 0 bridgehead atoms. The minimum absolute atomic E-state index is 0.121. The number of hydrogen-bond acceptors (Lipinski definition) is 2. The number of rotatable bonds is 4. The molecule has 0 aromatic heterocycles. The molecule has 0 aliphatic heterocycles. The van der Waals surface area contributed by atoms with Gasteiger partial charge in [-0.3, -0.25) is 0 Å². The van der Waals surface area contributed by atoms with Crippen LogP contribution >= 0.6 is 0 Å². The summed E-state index contributed by atoms with van der Waals surface area (Å²) in [5.74, 6) is 0.121. The zero-order chi connectivity index (χ0) is 11.4. The highest BCUT2D eigenvalue weighted by molar-refractivity contribution is 5.30. The summed E-state index contributed by atoms with van der Waals surface area (Å²) in [6.45, 7) is 6.66. The molecule has 0 radical (unpaired) electrons. The summed E-state index contributed by atoms with van der Waals surface area (Å²) in [6.07, 6.45) is -0.441. The zero-order valence-electron chi connectivity index (χ0n) is 9.95. The standard InChI is InChI=1S/C13H20O2/c1-9-5-10(2)7-12(6-9)13(14)11(3)8-15-4/h5-7,11,13-14H,8H2,1-4H3. The summed E-state index contributed by atoms with van der Waals surface area (Å²) in [5, 5.41) is 10.1. The van der Waals surface area contributed by atoms with Gasteiger partial charge in [-0.1, -0.05) is 36.2 Å². The van der Waals surface area contributed by atoms with E-state index in [2.05, 4.69) is 6.07 Å². The molecule has 0 heterocycles. The summed E-state index contributed by atoms with van der Waals surface area (Å²) < 4.78 is 5.05. The lowest BCUT2D eigenvalue weighted by Gasteiger charge is -2.19. The molecule has 0 amide bonds. The van der Waals surface area contributed by atoms with E-state index in [4.69, 9.17) is 4.74 Å². The van der Waals surface area contributed by atoms with E-state index in [1.165, 1.54) is 11.1 Å². The van der Waals surface area contributed by atoms with Gasteiger partial charge in [-0.05, 0) is 19.4 Å². The molecule has 0 spiro atoms. The number of hydrogen-bond donors (Lipinski definition) is 1. The van der Waals surface area contributed by atoms with E-state index in [-0.39, 0.29) is 5.92 Å². The smallest absolute Gasteiger partial charge is 0.0837 e. The fourth-order valence-corrected chi connectivity index (χ4v) is 1.86. The first-order valence-corrected chi connectivity index (χ1v) is 5.29. The number of aryl methyl sites for hydroxylation is 2. The molecule has 2 heteroatoms. The Labute approximate surface area is 91.9 Å². The topological polar surface area (TPSA) is 29.5 Å². The molecule has 1 aromatic rings. The molecule has 1 aromatic carbocycles. The van der Waals surface area contributed by atoms with E-state index in [0.717, 1.165) is 5.56 Å². The first-order valence-electron chi connectivity index (χ1n) is 5.29. The Bertz CT molecular complexity index is 300. The lowest BCUT2D eigenvalue weighted by atomic mass is 9.95. The van der Waals surface area contributed by atoms with Gasteiger partial charge in [0, 0.05) is 13.0 Å². The Kier molecular flexibility index (Phi) is 4.30. The molecule has 0 saturated heterocycles. The van der Waals surface area contributed by atoms with Crippen LogP contribution in [0.1, 0.15) is 29.7 Å². The highest BCUT2D eigenvalue weighted by Crippen LogP contribution is 2.23. The molecule has 0 saturated carbocycles.